The Bertz CT molecular complexity index is 360. The fourth-order valence-corrected chi connectivity index (χ4v) is 3.62. The highest BCUT2D eigenvalue weighted by Gasteiger charge is 2.38. The molecule has 0 spiro atoms. The molecule has 0 aromatic heterocycles. The topological polar surface area (TPSA) is 60.4 Å². The third-order valence-electron chi connectivity index (χ3n) is 4.82. The van der Waals surface area contributed by atoms with Gasteiger partial charge in [0.25, 0.3) is 0 Å². The lowest BCUT2D eigenvalue weighted by Crippen LogP contribution is -2.42. The first-order chi connectivity index (χ1) is 10.1. The SMILES string of the molecule is CC(=O)OC(C(=O)C1CCCCC1)C(=O)C1CCCCC1. The van der Waals surface area contributed by atoms with Crippen LogP contribution in [0.5, 0.6) is 0 Å². The van der Waals surface area contributed by atoms with Crippen LogP contribution in [-0.2, 0) is 19.1 Å². The van der Waals surface area contributed by atoms with Crippen molar-refractivity contribution in [3.63, 3.8) is 0 Å². The van der Waals surface area contributed by atoms with E-state index >= 15 is 0 Å². The van der Waals surface area contributed by atoms with Gasteiger partial charge in [0.05, 0.1) is 0 Å². The van der Waals surface area contributed by atoms with E-state index in [1.54, 1.807) is 0 Å². The molecule has 0 aromatic carbocycles. The Morgan fingerprint density at radius 1 is 0.762 bits per heavy atom. The summed E-state index contributed by atoms with van der Waals surface area (Å²) in [5.41, 5.74) is 0. The molecule has 0 atom stereocenters. The predicted octanol–water partition coefficient (Wildman–Crippen LogP) is 3.22. The van der Waals surface area contributed by atoms with Crippen LogP contribution in [0.1, 0.15) is 71.1 Å². The largest absolute Gasteiger partial charge is 0.446 e. The fourth-order valence-electron chi connectivity index (χ4n) is 3.62. The van der Waals surface area contributed by atoms with Crippen molar-refractivity contribution in [3.8, 4) is 0 Å². The van der Waals surface area contributed by atoms with Gasteiger partial charge in [-0.1, -0.05) is 38.5 Å². The second-order valence-corrected chi connectivity index (χ2v) is 6.46. The van der Waals surface area contributed by atoms with Gasteiger partial charge < -0.3 is 4.74 Å². The summed E-state index contributed by atoms with van der Waals surface area (Å²) >= 11 is 0. The van der Waals surface area contributed by atoms with Crippen molar-refractivity contribution in [2.75, 3.05) is 0 Å². The average Bonchev–Trinajstić information content (AvgIpc) is 2.53. The van der Waals surface area contributed by atoms with Gasteiger partial charge in [-0.25, -0.2) is 0 Å². The number of hydrogen-bond donors (Lipinski definition) is 0. The van der Waals surface area contributed by atoms with Crippen LogP contribution >= 0.6 is 0 Å². The van der Waals surface area contributed by atoms with Crippen LogP contribution in [0, 0.1) is 11.8 Å². The fraction of sp³-hybridized carbons (Fsp3) is 0.824. The highest BCUT2D eigenvalue weighted by Crippen LogP contribution is 2.30. The number of rotatable bonds is 5. The summed E-state index contributed by atoms with van der Waals surface area (Å²) in [5, 5.41) is 0. The monoisotopic (exact) mass is 294 g/mol. The minimum atomic E-state index is -1.14. The van der Waals surface area contributed by atoms with E-state index in [9.17, 15) is 14.4 Å². The summed E-state index contributed by atoms with van der Waals surface area (Å²) < 4.78 is 5.14. The third-order valence-corrected chi connectivity index (χ3v) is 4.82. The van der Waals surface area contributed by atoms with Gasteiger partial charge in [-0.3, -0.25) is 14.4 Å². The van der Waals surface area contributed by atoms with Gasteiger partial charge in [0.1, 0.15) is 0 Å². The molecule has 0 unspecified atom stereocenters. The molecule has 2 fully saturated rings. The molecule has 0 amide bonds. The summed E-state index contributed by atoms with van der Waals surface area (Å²) in [4.78, 5) is 36.5. The molecular weight excluding hydrogens is 268 g/mol. The summed E-state index contributed by atoms with van der Waals surface area (Å²) in [5.74, 6) is -1.04. The van der Waals surface area contributed by atoms with Crippen molar-refractivity contribution in [1.29, 1.82) is 0 Å². The molecule has 0 saturated heterocycles. The van der Waals surface area contributed by atoms with E-state index in [1.807, 2.05) is 0 Å². The third kappa shape index (κ3) is 4.39. The van der Waals surface area contributed by atoms with Gasteiger partial charge in [0, 0.05) is 18.8 Å². The quantitative estimate of drug-likeness (QED) is 0.577. The molecule has 0 aromatic rings. The van der Waals surface area contributed by atoms with Crippen LogP contribution in [0.3, 0.4) is 0 Å². The van der Waals surface area contributed by atoms with Crippen molar-refractivity contribution in [3.05, 3.63) is 0 Å². The van der Waals surface area contributed by atoms with Gasteiger partial charge in [-0.05, 0) is 25.7 Å². The molecule has 2 aliphatic carbocycles. The van der Waals surface area contributed by atoms with Crippen LogP contribution in [-0.4, -0.2) is 23.6 Å². The summed E-state index contributed by atoms with van der Waals surface area (Å²) in [6.07, 6.45) is 8.58. The molecule has 118 valence electrons. The zero-order valence-electron chi connectivity index (χ0n) is 12.9. The molecule has 4 nitrogen and oxygen atoms in total. The molecule has 0 aliphatic heterocycles. The zero-order chi connectivity index (χ0) is 15.2. The number of Topliss-reactive ketones (excluding diaryl/α,β-unsaturated/α-hetero) is 2. The first kappa shape index (κ1) is 16.2. The number of carbonyl (C=O) groups excluding carboxylic acids is 3. The van der Waals surface area contributed by atoms with Crippen molar-refractivity contribution in [2.24, 2.45) is 11.8 Å². The Kier molecular flexibility index (Phi) is 5.95. The van der Waals surface area contributed by atoms with Gasteiger partial charge in [0.2, 0.25) is 6.10 Å². The molecular formula is C17H26O4. The summed E-state index contributed by atoms with van der Waals surface area (Å²) in [6, 6.07) is 0. The molecule has 0 radical (unpaired) electrons. The van der Waals surface area contributed by atoms with E-state index in [4.69, 9.17) is 4.74 Å². The Labute approximate surface area is 126 Å². The van der Waals surface area contributed by atoms with Gasteiger partial charge in [-0.2, -0.15) is 0 Å². The van der Waals surface area contributed by atoms with E-state index < -0.39 is 12.1 Å². The molecule has 0 heterocycles. The van der Waals surface area contributed by atoms with Crippen LogP contribution in [0.2, 0.25) is 0 Å². The first-order valence-electron chi connectivity index (χ1n) is 8.34. The normalized spacial score (nSPS) is 21.2. The number of carbonyl (C=O) groups is 3. The zero-order valence-corrected chi connectivity index (χ0v) is 12.9. The molecule has 2 saturated carbocycles. The smallest absolute Gasteiger partial charge is 0.303 e. The lowest BCUT2D eigenvalue weighted by atomic mass is 9.79. The van der Waals surface area contributed by atoms with E-state index in [0.29, 0.717) is 0 Å². The second kappa shape index (κ2) is 7.71. The Hall–Kier alpha value is -1.19. The van der Waals surface area contributed by atoms with E-state index in [2.05, 4.69) is 0 Å². The minimum absolute atomic E-state index is 0.101. The van der Waals surface area contributed by atoms with Crippen LogP contribution in [0.15, 0.2) is 0 Å². The Morgan fingerprint density at radius 3 is 1.48 bits per heavy atom. The Morgan fingerprint density at radius 2 is 1.14 bits per heavy atom. The van der Waals surface area contributed by atoms with Crippen molar-refractivity contribution in [2.45, 2.75) is 77.2 Å². The number of esters is 1. The van der Waals surface area contributed by atoms with Crippen LogP contribution in [0.4, 0.5) is 0 Å². The number of ether oxygens (including phenoxy) is 1. The molecule has 4 heteroatoms. The van der Waals surface area contributed by atoms with Gasteiger partial charge in [-0.15, -0.1) is 0 Å². The molecule has 0 N–H and O–H groups in total. The lowest BCUT2D eigenvalue weighted by Gasteiger charge is -2.28. The Balaban J connectivity index is 2.06. The number of ketones is 2. The van der Waals surface area contributed by atoms with Crippen molar-refractivity contribution >= 4 is 17.5 Å². The molecule has 2 aliphatic rings. The number of hydrogen-bond acceptors (Lipinski definition) is 4. The van der Waals surface area contributed by atoms with Crippen LogP contribution in [0.25, 0.3) is 0 Å². The second-order valence-electron chi connectivity index (χ2n) is 6.46. The highest BCUT2D eigenvalue weighted by atomic mass is 16.5. The standard InChI is InChI=1S/C17H26O4/c1-12(18)21-17(15(19)13-8-4-2-5-9-13)16(20)14-10-6-3-7-11-14/h13-14,17H,2-11H2,1H3. The molecule has 21 heavy (non-hydrogen) atoms. The maximum atomic E-state index is 12.6. The van der Waals surface area contributed by atoms with E-state index in [1.165, 1.54) is 6.92 Å². The van der Waals surface area contributed by atoms with Crippen molar-refractivity contribution in [1.82, 2.24) is 0 Å². The van der Waals surface area contributed by atoms with E-state index in [0.717, 1.165) is 64.2 Å². The lowest BCUT2D eigenvalue weighted by molar-refractivity contribution is -0.162. The van der Waals surface area contributed by atoms with Gasteiger partial charge >= 0.3 is 5.97 Å². The van der Waals surface area contributed by atoms with Gasteiger partial charge in [0.15, 0.2) is 11.6 Å². The molecule has 0 bridgehead atoms. The minimum Gasteiger partial charge on any atom is -0.446 e. The van der Waals surface area contributed by atoms with E-state index in [-0.39, 0.29) is 23.4 Å². The predicted molar refractivity (Wildman–Crippen MR) is 78.7 cm³/mol. The summed E-state index contributed by atoms with van der Waals surface area (Å²) in [6.45, 7) is 1.27. The first-order valence-corrected chi connectivity index (χ1v) is 8.34. The van der Waals surface area contributed by atoms with Crippen molar-refractivity contribution < 1.29 is 19.1 Å². The molecule has 2 rings (SSSR count). The maximum absolute atomic E-state index is 12.6. The highest BCUT2D eigenvalue weighted by molar-refractivity contribution is 6.08. The summed E-state index contributed by atoms with van der Waals surface area (Å²) in [7, 11) is 0. The van der Waals surface area contributed by atoms with Crippen LogP contribution < -0.4 is 0 Å². The average molecular weight is 294 g/mol. The maximum Gasteiger partial charge on any atom is 0.303 e.